The zero-order valence-electron chi connectivity index (χ0n) is 69.8. The molecule has 35 nitrogen and oxygen atoms in total. The number of unbranched alkanes of at least 4 members (excludes halogenated alkanes) is 6. The number of rotatable bonds is 32. The van der Waals surface area contributed by atoms with Crippen LogP contribution < -0.4 is 86.7 Å². The summed E-state index contributed by atoms with van der Waals surface area (Å²) in [7, 11) is -4.46. The summed E-state index contributed by atoms with van der Waals surface area (Å²) in [6, 6.07) is -6.92. The van der Waals surface area contributed by atoms with Gasteiger partial charge in [0, 0.05) is 55.5 Å². The number of carbonyl (C=O) groups is 13. The van der Waals surface area contributed by atoms with E-state index >= 15 is 4.79 Å². The second kappa shape index (κ2) is 52.7. The molecule has 2 aromatic rings. The predicted octanol–water partition coefficient (Wildman–Crippen LogP) is -0.128. The third kappa shape index (κ3) is 34.9. The molecule has 0 unspecified atom stereocenters. The average Bonchev–Trinajstić information content (AvgIpc) is 1.60. The summed E-state index contributed by atoms with van der Waals surface area (Å²) in [4.78, 5) is 192. The molecule has 0 spiro atoms. The summed E-state index contributed by atoms with van der Waals surface area (Å²) >= 11 is 4.06. The molecule has 12 atom stereocenters. The number of hydrogen-bond donors (Lipinski definition) is 18. The van der Waals surface area contributed by atoms with E-state index in [-0.39, 0.29) is 102 Å². The first-order valence-electron chi connectivity index (χ1n) is 41.5. The van der Waals surface area contributed by atoms with E-state index in [4.69, 9.17) is 27.7 Å². The molecule has 13 amide bonds. The molecule has 3 heterocycles. The first-order valence-corrected chi connectivity index (χ1v) is 43.8. The monoisotopic (exact) mass is 1670 g/mol. The number of benzene rings is 1. The molecule has 2 aliphatic rings. The van der Waals surface area contributed by atoms with Crippen molar-refractivity contribution in [3.05, 3.63) is 36.0 Å². The Morgan fingerprint density at radius 1 is 0.569 bits per heavy atom. The van der Waals surface area contributed by atoms with Gasteiger partial charge in [-0.15, -0.1) is 0 Å². The van der Waals surface area contributed by atoms with E-state index in [0.29, 0.717) is 89.2 Å². The molecular weight excluding hydrogens is 1540 g/mol. The molecule has 21 N–H and O–H groups in total. The van der Waals surface area contributed by atoms with Crippen LogP contribution in [-0.2, 0) is 83.5 Å². The number of nitrogens with zero attached hydrogens (tertiary/aromatic N) is 2. The number of thiol groups is 1. The molecule has 2 saturated heterocycles. The van der Waals surface area contributed by atoms with E-state index in [1.807, 2.05) is 58.9 Å². The first kappa shape index (κ1) is 100. The van der Waals surface area contributed by atoms with Crippen LogP contribution in [0.15, 0.2) is 30.5 Å². The maximum atomic E-state index is 15.0. The summed E-state index contributed by atoms with van der Waals surface area (Å²) < 4.78 is 35.7. The zero-order chi connectivity index (χ0) is 86.2. The van der Waals surface area contributed by atoms with Crippen molar-refractivity contribution in [2.24, 2.45) is 46.6 Å². The van der Waals surface area contributed by atoms with E-state index in [1.54, 1.807) is 38.8 Å². The molecule has 2 aliphatic heterocycles. The molecule has 116 heavy (non-hydrogen) atoms. The minimum Gasteiger partial charge on any atom is -0.370 e. The Morgan fingerprint density at radius 3 is 1.60 bits per heavy atom. The standard InChI is InChI=1S/C79H137N19O16S2/c1-11-12-14-28-60-74(106)95-68(51(8)9)78(110)96-67(50(6)7)77(109)87-52(10)69(101)94-64(42-53-43-86-57-27-17-16-26-55(53)57)79(111)98-37-23-25-54(98)45-114-46-66(100)89-59(31-19-22-34-82)72(104)92-63(41-49(4)5)76(108)91-61(29-15-13-20-32-80)73(105)93-62(40-48(2)3)75(107)90-58(30-18-21-33-81)71(103)85-36-38-97(44-65(99)88-60)116(112,113)39-24-35-84-70(102)56(83)47-115/h16-17,26-27,43,48-52,54,56,58-64,67-68,86,115H,11-15,18-25,28-42,44-47,80-83H2,1-10H3,(H,84,102)(H,85,103)(H,87,109)(H,88,99)(H,89,100)(H,90,107)(H,91,108)(H,92,104)(H,93,105)(H,94,101)(H,95,106)(H,96,110)/t52-,54+,56-,58-,59-,60-,61-,62-,63-,64-,67-,68-/m0/s1. The SMILES string of the molecule is CCCCC[C@@H]1NC(=O)CN(S(=O)(=O)CCCNC(=O)[C@@H](N)CS)CCNC(=O)[C@H](CCCCN)NC(=O)[C@H](CC(C)C)NC(=O)[C@H](CCCCCN)NC(=O)[C@H](CC(C)C)NC(=O)[C@H](CCCCN)NC(=O)COC[C@H]2CCCN2C(=O)[C@H](Cc2c[nH]c3ccccc23)NC(=O)[C@H](C)NC(=O)[C@H](C(C)C)NC(=O)[C@H](C(C)C)NC1=O. The van der Waals surface area contributed by atoms with E-state index in [2.05, 4.69) is 81.4 Å². The van der Waals surface area contributed by atoms with Gasteiger partial charge >= 0.3 is 0 Å². The van der Waals surface area contributed by atoms with Crippen LogP contribution in [-0.4, -0.2) is 249 Å². The zero-order valence-corrected chi connectivity index (χ0v) is 71.6. The number of nitrogens with two attached hydrogens (primary N) is 4. The second-order valence-electron chi connectivity index (χ2n) is 32.0. The van der Waals surface area contributed by atoms with Crippen LogP contribution in [0.25, 0.3) is 10.9 Å². The molecule has 0 aliphatic carbocycles. The second-order valence-corrected chi connectivity index (χ2v) is 34.4. The van der Waals surface area contributed by atoms with E-state index in [1.165, 1.54) is 6.92 Å². The number of para-hydroxylation sites is 1. The fourth-order valence-electron chi connectivity index (χ4n) is 13.8. The van der Waals surface area contributed by atoms with Crippen molar-refractivity contribution < 1.29 is 75.5 Å². The van der Waals surface area contributed by atoms with E-state index < -0.39 is 203 Å². The normalized spacial score (nSPS) is 24.2. The Bertz CT molecular complexity index is 3610. The lowest BCUT2D eigenvalue weighted by Gasteiger charge is -2.31. The van der Waals surface area contributed by atoms with Crippen LogP contribution in [0.5, 0.6) is 0 Å². The van der Waals surface area contributed by atoms with Crippen LogP contribution in [0.3, 0.4) is 0 Å². The molecule has 1 aromatic carbocycles. The van der Waals surface area contributed by atoms with Crippen molar-refractivity contribution in [3.8, 4) is 0 Å². The lowest BCUT2D eigenvalue weighted by molar-refractivity contribution is -0.139. The number of ether oxygens (including phenoxy) is 1. The predicted molar refractivity (Wildman–Crippen MR) is 446 cm³/mol. The smallest absolute Gasteiger partial charge is 0.246 e. The molecule has 37 heteroatoms. The number of nitrogens with one attached hydrogen (secondary N) is 13. The van der Waals surface area contributed by atoms with Crippen molar-refractivity contribution in [1.29, 1.82) is 0 Å². The maximum absolute atomic E-state index is 15.0. The number of amides is 13. The third-order valence-corrected chi connectivity index (χ3v) is 22.7. The first-order chi connectivity index (χ1) is 55.1. The number of hydrogen-bond acceptors (Lipinski definition) is 21. The summed E-state index contributed by atoms with van der Waals surface area (Å²) in [5.74, 6) is -11.8. The Morgan fingerprint density at radius 2 is 1.05 bits per heavy atom. The highest BCUT2D eigenvalue weighted by Gasteiger charge is 2.40. The van der Waals surface area contributed by atoms with Crippen molar-refractivity contribution in [2.45, 2.75) is 270 Å². The van der Waals surface area contributed by atoms with Gasteiger partial charge in [0.25, 0.3) is 0 Å². The van der Waals surface area contributed by atoms with Crippen LogP contribution in [0.2, 0.25) is 0 Å². The number of sulfonamides is 1. The molecule has 656 valence electrons. The number of fused-ring (bicyclic) bond motifs is 2. The average molecular weight is 1670 g/mol. The van der Waals surface area contributed by atoms with E-state index in [0.717, 1.165) is 15.2 Å². The van der Waals surface area contributed by atoms with Crippen LogP contribution in [0, 0.1) is 23.7 Å². The Kier molecular flexibility index (Phi) is 45.5. The van der Waals surface area contributed by atoms with Gasteiger partial charge in [-0.1, -0.05) is 113 Å². The molecule has 0 saturated carbocycles. The highest BCUT2D eigenvalue weighted by atomic mass is 32.2. The van der Waals surface area contributed by atoms with Crippen LogP contribution >= 0.6 is 12.6 Å². The number of aromatic amines is 1. The molecular formula is C79H137N19O16S2. The largest absolute Gasteiger partial charge is 0.370 e. The van der Waals surface area contributed by atoms with Gasteiger partial charge in [0.2, 0.25) is 86.8 Å². The topological polar surface area (TPSA) is 536 Å². The van der Waals surface area contributed by atoms with Crippen molar-refractivity contribution in [3.63, 3.8) is 0 Å². The van der Waals surface area contributed by atoms with E-state index in [9.17, 15) is 66.0 Å². The summed E-state index contributed by atoms with van der Waals surface area (Å²) in [6.45, 7) is 15.8. The van der Waals surface area contributed by atoms with Gasteiger partial charge in [-0.2, -0.15) is 16.9 Å². The van der Waals surface area contributed by atoms with Crippen molar-refractivity contribution in [2.75, 3.05) is 77.1 Å². The molecule has 0 bridgehead atoms. The van der Waals surface area contributed by atoms with Crippen molar-refractivity contribution >= 4 is 110 Å². The summed E-state index contributed by atoms with van der Waals surface area (Å²) in [5.41, 5.74) is 24.9. The highest BCUT2D eigenvalue weighted by molar-refractivity contribution is 7.89. The fraction of sp³-hybridized carbons (Fsp3) is 0.734. The lowest BCUT2D eigenvalue weighted by Crippen LogP contribution is -2.61. The number of aromatic nitrogens is 1. The Hall–Kier alpha value is -8.07. The van der Waals surface area contributed by atoms with Gasteiger partial charge in [-0.3, -0.25) is 62.3 Å². The van der Waals surface area contributed by atoms with Gasteiger partial charge in [-0.05, 0) is 152 Å². The van der Waals surface area contributed by atoms with Crippen LogP contribution in [0.4, 0.5) is 0 Å². The lowest BCUT2D eigenvalue weighted by atomic mass is 9.98. The molecule has 0 radical (unpaired) electrons. The Labute approximate surface area is 690 Å². The van der Waals surface area contributed by atoms with Gasteiger partial charge in [0.1, 0.15) is 67.0 Å². The van der Waals surface area contributed by atoms with Gasteiger partial charge in [0.15, 0.2) is 0 Å². The molecule has 4 rings (SSSR count). The molecule has 1 aromatic heterocycles. The molecule has 2 fully saturated rings. The maximum Gasteiger partial charge on any atom is 0.246 e. The number of H-pyrrole nitrogens is 1. The fourth-order valence-corrected chi connectivity index (χ4v) is 15.4. The minimum atomic E-state index is -4.46. The van der Waals surface area contributed by atoms with Crippen LogP contribution in [0.1, 0.15) is 197 Å². The summed E-state index contributed by atoms with van der Waals surface area (Å²) in [5, 5.41) is 33.9. The quantitative estimate of drug-likeness (QED) is 0.0335. The Balaban J connectivity index is 1.84. The van der Waals surface area contributed by atoms with Gasteiger partial charge < -0.3 is 101 Å². The van der Waals surface area contributed by atoms with Gasteiger partial charge in [0.05, 0.1) is 31.0 Å². The van der Waals surface area contributed by atoms with Gasteiger partial charge in [-0.25, -0.2) is 8.42 Å². The minimum absolute atomic E-state index is 0.00465. The van der Waals surface area contributed by atoms with Crippen molar-refractivity contribution in [1.82, 2.24) is 78.0 Å². The summed E-state index contributed by atoms with van der Waals surface area (Å²) in [6.07, 6.45) is 7.92. The highest BCUT2D eigenvalue weighted by Crippen LogP contribution is 2.24. The number of carbonyl (C=O) groups excluding carboxylic acids is 13. The third-order valence-electron chi connectivity index (χ3n) is 20.4.